The molecule has 4 nitrogen and oxygen atoms in total. The number of aromatic nitrogens is 2. The van der Waals surface area contributed by atoms with Crippen molar-refractivity contribution in [3.05, 3.63) is 35.8 Å². The van der Waals surface area contributed by atoms with E-state index in [1.807, 2.05) is 0 Å². The van der Waals surface area contributed by atoms with Crippen LogP contribution in [0.25, 0.3) is 5.65 Å². The summed E-state index contributed by atoms with van der Waals surface area (Å²) in [5.41, 5.74) is 9.04. The molecule has 0 aliphatic carbocycles. The first-order valence-corrected chi connectivity index (χ1v) is 7.20. The van der Waals surface area contributed by atoms with Gasteiger partial charge in [-0.15, -0.1) is 0 Å². The van der Waals surface area contributed by atoms with Crippen molar-refractivity contribution in [2.45, 2.75) is 38.8 Å². The van der Waals surface area contributed by atoms with E-state index < -0.39 is 0 Å². The third kappa shape index (κ3) is 2.51. The zero-order valence-electron chi connectivity index (χ0n) is 11.5. The average Bonchev–Trinajstić information content (AvgIpc) is 3.03. The van der Waals surface area contributed by atoms with Crippen LogP contribution in [0.5, 0.6) is 0 Å². The van der Waals surface area contributed by atoms with Crippen molar-refractivity contribution in [3.63, 3.8) is 0 Å². The Morgan fingerprint density at radius 1 is 1.37 bits per heavy atom. The molecule has 4 heteroatoms. The Hall–Kier alpha value is -1.39. The van der Waals surface area contributed by atoms with E-state index in [9.17, 15) is 0 Å². The standard InChI is InChI=1S/C15H22N4/c1-2-18-7-3-4-14(18)8-13-11-19-10-12(9-16)5-6-15(19)17-13/h5-6,10-11,14H,2-4,7-9,16H2,1H3. The van der Waals surface area contributed by atoms with Crippen LogP contribution in [-0.4, -0.2) is 33.4 Å². The molecule has 1 atom stereocenters. The van der Waals surface area contributed by atoms with Gasteiger partial charge in [0, 0.05) is 31.4 Å². The SMILES string of the molecule is CCN1CCCC1Cc1cn2cc(CN)ccc2n1. The van der Waals surface area contributed by atoms with Gasteiger partial charge in [-0.1, -0.05) is 13.0 Å². The molecule has 2 N–H and O–H groups in total. The summed E-state index contributed by atoms with van der Waals surface area (Å²) in [6.07, 6.45) is 7.92. The number of fused-ring (bicyclic) bond motifs is 1. The third-order valence-corrected chi connectivity index (χ3v) is 4.15. The minimum Gasteiger partial charge on any atom is -0.326 e. The van der Waals surface area contributed by atoms with Gasteiger partial charge < -0.3 is 15.0 Å². The molecule has 0 aromatic carbocycles. The molecule has 0 amide bonds. The van der Waals surface area contributed by atoms with Gasteiger partial charge in [0.15, 0.2) is 0 Å². The van der Waals surface area contributed by atoms with Crippen LogP contribution in [0.15, 0.2) is 24.5 Å². The Morgan fingerprint density at radius 2 is 2.26 bits per heavy atom. The van der Waals surface area contributed by atoms with Crippen molar-refractivity contribution in [1.82, 2.24) is 14.3 Å². The highest BCUT2D eigenvalue weighted by atomic mass is 15.2. The van der Waals surface area contributed by atoms with Crippen LogP contribution in [0.3, 0.4) is 0 Å². The predicted molar refractivity (Wildman–Crippen MR) is 77.1 cm³/mol. The Balaban J connectivity index is 1.81. The molecule has 0 bridgehead atoms. The van der Waals surface area contributed by atoms with E-state index >= 15 is 0 Å². The lowest BCUT2D eigenvalue weighted by Gasteiger charge is -2.21. The summed E-state index contributed by atoms with van der Waals surface area (Å²) in [5, 5.41) is 0. The van der Waals surface area contributed by atoms with Crippen LogP contribution in [0.2, 0.25) is 0 Å². The number of rotatable bonds is 4. The van der Waals surface area contributed by atoms with Gasteiger partial charge in [0.2, 0.25) is 0 Å². The van der Waals surface area contributed by atoms with E-state index in [2.05, 4.69) is 40.8 Å². The molecule has 0 saturated carbocycles. The summed E-state index contributed by atoms with van der Waals surface area (Å²) in [4.78, 5) is 7.28. The van der Waals surface area contributed by atoms with Crippen molar-refractivity contribution in [2.75, 3.05) is 13.1 Å². The lowest BCUT2D eigenvalue weighted by molar-refractivity contribution is 0.265. The van der Waals surface area contributed by atoms with Crippen LogP contribution < -0.4 is 5.73 Å². The molecule has 0 spiro atoms. The molecule has 3 rings (SSSR count). The number of nitrogens with two attached hydrogens (primary N) is 1. The van der Waals surface area contributed by atoms with Crippen molar-refractivity contribution < 1.29 is 0 Å². The average molecular weight is 258 g/mol. The number of pyridine rings is 1. The van der Waals surface area contributed by atoms with Gasteiger partial charge in [-0.05, 0) is 37.6 Å². The molecular weight excluding hydrogens is 236 g/mol. The van der Waals surface area contributed by atoms with Crippen molar-refractivity contribution in [2.24, 2.45) is 5.73 Å². The highest BCUT2D eigenvalue weighted by Gasteiger charge is 2.23. The second kappa shape index (κ2) is 5.31. The fourth-order valence-electron chi connectivity index (χ4n) is 3.09. The Bertz CT molecular complexity index is 560. The molecule has 2 aromatic rings. The first-order chi connectivity index (χ1) is 9.30. The number of hydrogen-bond donors (Lipinski definition) is 1. The van der Waals surface area contributed by atoms with Gasteiger partial charge in [0.05, 0.1) is 5.69 Å². The molecule has 1 aliphatic heterocycles. The highest BCUT2D eigenvalue weighted by Crippen LogP contribution is 2.20. The van der Waals surface area contributed by atoms with E-state index in [1.54, 1.807) is 0 Å². The molecule has 2 aromatic heterocycles. The number of imidazole rings is 1. The van der Waals surface area contributed by atoms with Gasteiger partial charge in [-0.25, -0.2) is 4.98 Å². The Morgan fingerprint density at radius 3 is 3.05 bits per heavy atom. The van der Waals surface area contributed by atoms with Crippen LogP contribution in [0, 0.1) is 0 Å². The summed E-state index contributed by atoms with van der Waals surface area (Å²) >= 11 is 0. The smallest absolute Gasteiger partial charge is 0.136 e. The lowest BCUT2D eigenvalue weighted by Crippen LogP contribution is -2.30. The van der Waals surface area contributed by atoms with Gasteiger partial charge in [0.1, 0.15) is 5.65 Å². The minimum absolute atomic E-state index is 0.579. The van der Waals surface area contributed by atoms with E-state index in [-0.39, 0.29) is 0 Å². The summed E-state index contributed by atoms with van der Waals surface area (Å²) in [6.45, 7) is 5.21. The topological polar surface area (TPSA) is 46.6 Å². The van der Waals surface area contributed by atoms with Gasteiger partial charge in [0.25, 0.3) is 0 Å². The zero-order valence-corrected chi connectivity index (χ0v) is 11.5. The summed E-state index contributed by atoms with van der Waals surface area (Å²) < 4.78 is 2.10. The molecule has 1 unspecified atom stereocenters. The van der Waals surface area contributed by atoms with Crippen LogP contribution in [0.1, 0.15) is 31.0 Å². The van der Waals surface area contributed by atoms with Gasteiger partial charge >= 0.3 is 0 Å². The largest absolute Gasteiger partial charge is 0.326 e. The number of likely N-dealkylation sites (N-methyl/N-ethyl adjacent to an activating group) is 1. The molecule has 1 fully saturated rings. The first-order valence-electron chi connectivity index (χ1n) is 7.20. The normalized spacial score (nSPS) is 20.4. The number of nitrogens with zero attached hydrogens (tertiary/aromatic N) is 3. The van der Waals surface area contributed by atoms with Gasteiger partial charge in [-0.2, -0.15) is 0 Å². The fourth-order valence-corrected chi connectivity index (χ4v) is 3.09. The maximum atomic E-state index is 5.68. The Labute approximate surface area is 114 Å². The molecule has 1 aliphatic rings. The second-order valence-electron chi connectivity index (χ2n) is 5.37. The molecule has 102 valence electrons. The maximum Gasteiger partial charge on any atom is 0.136 e. The van der Waals surface area contributed by atoms with E-state index in [0.717, 1.165) is 24.2 Å². The lowest BCUT2D eigenvalue weighted by atomic mass is 10.1. The van der Waals surface area contributed by atoms with Gasteiger partial charge in [-0.3, -0.25) is 0 Å². The molecule has 19 heavy (non-hydrogen) atoms. The first kappa shape index (κ1) is 12.6. The molecular formula is C15H22N4. The summed E-state index contributed by atoms with van der Waals surface area (Å²) in [7, 11) is 0. The van der Waals surface area contributed by atoms with E-state index in [1.165, 1.54) is 25.1 Å². The van der Waals surface area contributed by atoms with Crippen molar-refractivity contribution >= 4 is 5.65 Å². The van der Waals surface area contributed by atoms with Crippen molar-refractivity contribution in [3.8, 4) is 0 Å². The van der Waals surface area contributed by atoms with E-state index in [4.69, 9.17) is 10.7 Å². The van der Waals surface area contributed by atoms with Crippen LogP contribution in [0.4, 0.5) is 0 Å². The monoisotopic (exact) mass is 258 g/mol. The molecule has 3 heterocycles. The summed E-state index contributed by atoms with van der Waals surface area (Å²) in [6, 6.07) is 4.78. The summed E-state index contributed by atoms with van der Waals surface area (Å²) in [5.74, 6) is 0. The quantitative estimate of drug-likeness (QED) is 0.910. The molecule has 1 saturated heterocycles. The van der Waals surface area contributed by atoms with E-state index in [0.29, 0.717) is 12.6 Å². The van der Waals surface area contributed by atoms with Crippen LogP contribution in [-0.2, 0) is 13.0 Å². The van der Waals surface area contributed by atoms with Crippen LogP contribution >= 0.6 is 0 Å². The highest BCUT2D eigenvalue weighted by molar-refractivity contribution is 5.41. The molecule has 0 radical (unpaired) electrons. The third-order valence-electron chi connectivity index (χ3n) is 4.15. The fraction of sp³-hybridized carbons (Fsp3) is 0.533. The number of hydrogen-bond acceptors (Lipinski definition) is 3. The maximum absolute atomic E-state index is 5.68. The predicted octanol–water partition coefficient (Wildman–Crippen LogP) is 1.82. The minimum atomic E-state index is 0.579. The zero-order chi connectivity index (χ0) is 13.2. The number of likely N-dealkylation sites (tertiary alicyclic amines) is 1. The Kier molecular flexibility index (Phi) is 3.53. The van der Waals surface area contributed by atoms with Crippen molar-refractivity contribution in [1.29, 1.82) is 0 Å². The second-order valence-corrected chi connectivity index (χ2v) is 5.37.